The van der Waals surface area contributed by atoms with Gasteiger partial charge in [0, 0.05) is 0 Å². The molecule has 1 aliphatic heterocycles. The fourth-order valence-corrected chi connectivity index (χ4v) is 5.04. The van der Waals surface area contributed by atoms with Gasteiger partial charge in [0.2, 0.25) is 0 Å². The molecular formula is C25H17NO2S2. The van der Waals surface area contributed by atoms with Crippen LogP contribution >= 0.6 is 24.0 Å². The quantitative estimate of drug-likeness (QED) is 0.215. The Labute approximate surface area is 183 Å². The van der Waals surface area contributed by atoms with E-state index in [0.29, 0.717) is 9.23 Å². The average Bonchev–Trinajstić information content (AvgIpc) is 3.06. The fourth-order valence-electron chi connectivity index (χ4n) is 3.76. The number of anilines is 1. The second kappa shape index (κ2) is 7.59. The Hall–Kier alpha value is -3.15. The van der Waals surface area contributed by atoms with Crippen molar-refractivity contribution in [1.82, 2.24) is 0 Å². The third-order valence-corrected chi connectivity index (χ3v) is 6.51. The first kappa shape index (κ1) is 18.9. The maximum Gasteiger partial charge on any atom is 0.270 e. The maximum atomic E-state index is 13.3. The molecule has 5 rings (SSSR count). The van der Waals surface area contributed by atoms with Crippen molar-refractivity contribution in [2.75, 3.05) is 12.0 Å². The topological polar surface area (TPSA) is 29.5 Å². The van der Waals surface area contributed by atoms with E-state index >= 15 is 0 Å². The van der Waals surface area contributed by atoms with Gasteiger partial charge >= 0.3 is 0 Å². The molecule has 4 aromatic rings. The molecule has 0 spiro atoms. The molecule has 1 aliphatic rings. The van der Waals surface area contributed by atoms with Crippen LogP contribution in [0, 0.1) is 0 Å². The summed E-state index contributed by atoms with van der Waals surface area (Å²) in [6.45, 7) is 0. The van der Waals surface area contributed by atoms with Gasteiger partial charge in [-0.3, -0.25) is 9.69 Å². The lowest BCUT2D eigenvalue weighted by Gasteiger charge is -2.14. The number of hydrogen-bond acceptors (Lipinski definition) is 4. The number of nitrogens with zero attached hydrogens (tertiary/aromatic N) is 1. The van der Waals surface area contributed by atoms with E-state index in [1.165, 1.54) is 11.8 Å². The van der Waals surface area contributed by atoms with Gasteiger partial charge in [-0.1, -0.05) is 72.5 Å². The van der Waals surface area contributed by atoms with Crippen molar-refractivity contribution in [2.24, 2.45) is 0 Å². The van der Waals surface area contributed by atoms with Crippen molar-refractivity contribution in [2.45, 2.75) is 0 Å². The van der Waals surface area contributed by atoms with E-state index in [9.17, 15) is 4.79 Å². The van der Waals surface area contributed by atoms with Crippen molar-refractivity contribution in [3.05, 3.63) is 89.3 Å². The Morgan fingerprint density at radius 2 is 1.50 bits per heavy atom. The monoisotopic (exact) mass is 427 g/mol. The molecule has 1 fully saturated rings. The Morgan fingerprint density at radius 3 is 2.10 bits per heavy atom. The number of fused-ring (bicyclic) bond motifs is 2. The molecule has 0 atom stereocenters. The molecule has 1 amide bonds. The molecule has 0 N–H and O–H groups in total. The molecule has 1 heterocycles. The van der Waals surface area contributed by atoms with Crippen molar-refractivity contribution in [3.8, 4) is 5.75 Å². The molecule has 0 radical (unpaired) electrons. The molecular weight excluding hydrogens is 410 g/mol. The highest BCUT2D eigenvalue weighted by molar-refractivity contribution is 8.27. The minimum absolute atomic E-state index is 0.104. The molecule has 0 saturated carbocycles. The summed E-state index contributed by atoms with van der Waals surface area (Å²) in [5.74, 6) is 0.633. The van der Waals surface area contributed by atoms with Crippen LogP contribution in [0.4, 0.5) is 5.69 Å². The molecule has 0 unspecified atom stereocenters. The van der Waals surface area contributed by atoms with Crippen LogP contribution in [-0.4, -0.2) is 17.3 Å². The number of rotatable bonds is 3. The van der Waals surface area contributed by atoms with Crippen LogP contribution in [-0.2, 0) is 4.79 Å². The zero-order valence-corrected chi connectivity index (χ0v) is 17.8. The smallest absolute Gasteiger partial charge is 0.270 e. The number of thiocarbonyl (C=S) groups is 1. The number of hydrogen-bond donors (Lipinski definition) is 0. The molecule has 4 aromatic carbocycles. The summed E-state index contributed by atoms with van der Waals surface area (Å²) < 4.78 is 5.74. The van der Waals surface area contributed by atoms with E-state index in [-0.39, 0.29) is 5.91 Å². The standard InChI is InChI=1S/C25H17NO2S2/c1-28-19-12-10-18(11-13-19)26-24(27)23(30-25(26)29)15-22-20-8-4-2-6-16(20)14-17-7-3-5-9-21(17)22/h2-15H,1H3. The number of carbonyl (C=O) groups excluding carboxylic acids is 1. The van der Waals surface area contributed by atoms with Crippen LogP contribution in [0.3, 0.4) is 0 Å². The van der Waals surface area contributed by atoms with Gasteiger partial charge in [0.1, 0.15) is 5.75 Å². The lowest BCUT2D eigenvalue weighted by molar-refractivity contribution is -0.113. The summed E-state index contributed by atoms with van der Waals surface area (Å²) in [7, 11) is 1.62. The normalized spacial score (nSPS) is 15.5. The lowest BCUT2D eigenvalue weighted by Crippen LogP contribution is -2.27. The summed E-state index contributed by atoms with van der Waals surface area (Å²) in [6, 6.07) is 26.0. The van der Waals surface area contributed by atoms with Crippen molar-refractivity contribution in [1.29, 1.82) is 0 Å². The van der Waals surface area contributed by atoms with E-state index in [1.807, 2.05) is 54.6 Å². The first-order valence-electron chi connectivity index (χ1n) is 9.48. The molecule has 1 saturated heterocycles. The number of thioether (sulfide) groups is 1. The van der Waals surface area contributed by atoms with E-state index in [0.717, 1.165) is 38.5 Å². The molecule has 30 heavy (non-hydrogen) atoms. The predicted octanol–water partition coefficient (Wildman–Crippen LogP) is 6.41. The van der Waals surface area contributed by atoms with Gasteiger partial charge in [-0.05, 0) is 63.5 Å². The highest BCUT2D eigenvalue weighted by Crippen LogP contribution is 2.39. The maximum absolute atomic E-state index is 13.3. The molecule has 0 aromatic heterocycles. The molecule has 5 heteroatoms. The highest BCUT2D eigenvalue weighted by atomic mass is 32.2. The highest BCUT2D eigenvalue weighted by Gasteiger charge is 2.33. The number of benzene rings is 4. The van der Waals surface area contributed by atoms with Gasteiger partial charge in [0.05, 0.1) is 17.7 Å². The average molecular weight is 428 g/mol. The van der Waals surface area contributed by atoms with Crippen LogP contribution in [0.15, 0.2) is 83.8 Å². The zero-order chi connectivity index (χ0) is 20.7. The summed E-state index contributed by atoms with van der Waals surface area (Å²) >= 11 is 6.88. The Kier molecular flexibility index (Phi) is 4.77. The van der Waals surface area contributed by atoms with Gasteiger partial charge in [0.15, 0.2) is 4.32 Å². The number of ether oxygens (including phenoxy) is 1. The van der Waals surface area contributed by atoms with Crippen LogP contribution in [0.5, 0.6) is 5.75 Å². The minimum atomic E-state index is -0.104. The largest absolute Gasteiger partial charge is 0.497 e. The third kappa shape index (κ3) is 3.16. The molecule has 0 bridgehead atoms. The second-order valence-electron chi connectivity index (χ2n) is 6.95. The van der Waals surface area contributed by atoms with Crippen LogP contribution in [0.2, 0.25) is 0 Å². The van der Waals surface area contributed by atoms with Crippen molar-refractivity contribution < 1.29 is 9.53 Å². The number of carbonyl (C=O) groups is 1. The van der Waals surface area contributed by atoms with Gasteiger partial charge in [0.25, 0.3) is 5.91 Å². The summed E-state index contributed by atoms with van der Waals surface area (Å²) in [6.07, 6.45) is 1.98. The zero-order valence-electron chi connectivity index (χ0n) is 16.2. The first-order chi connectivity index (χ1) is 14.7. The Bertz CT molecular complexity index is 1290. The molecule has 146 valence electrons. The molecule has 3 nitrogen and oxygen atoms in total. The Balaban J connectivity index is 1.63. The first-order valence-corrected chi connectivity index (χ1v) is 10.7. The second-order valence-corrected chi connectivity index (χ2v) is 8.62. The summed E-state index contributed by atoms with van der Waals surface area (Å²) in [5.41, 5.74) is 1.78. The number of amides is 1. The van der Waals surface area contributed by atoms with E-state index in [1.54, 1.807) is 12.0 Å². The van der Waals surface area contributed by atoms with Crippen LogP contribution in [0.1, 0.15) is 5.56 Å². The van der Waals surface area contributed by atoms with Crippen LogP contribution in [0.25, 0.3) is 27.6 Å². The van der Waals surface area contributed by atoms with Gasteiger partial charge < -0.3 is 4.74 Å². The molecule has 0 aliphatic carbocycles. The SMILES string of the molecule is COc1ccc(N2C(=O)C(=Cc3c4ccccc4cc4ccccc34)SC2=S)cc1. The van der Waals surface area contributed by atoms with E-state index in [4.69, 9.17) is 17.0 Å². The van der Waals surface area contributed by atoms with Crippen LogP contribution < -0.4 is 9.64 Å². The lowest BCUT2D eigenvalue weighted by atomic mass is 9.96. The predicted molar refractivity (Wildman–Crippen MR) is 130 cm³/mol. The minimum Gasteiger partial charge on any atom is -0.497 e. The van der Waals surface area contributed by atoms with Gasteiger partial charge in [-0.25, -0.2) is 0 Å². The van der Waals surface area contributed by atoms with Gasteiger partial charge in [-0.2, -0.15) is 0 Å². The van der Waals surface area contributed by atoms with Crippen molar-refractivity contribution in [3.63, 3.8) is 0 Å². The van der Waals surface area contributed by atoms with E-state index < -0.39 is 0 Å². The van der Waals surface area contributed by atoms with E-state index in [2.05, 4.69) is 30.3 Å². The summed E-state index contributed by atoms with van der Waals surface area (Å²) in [4.78, 5) is 15.5. The third-order valence-electron chi connectivity index (χ3n) is 5.21. The summed E-state index contributed by atoms with van der Waals surface area (Å²) in [5, 5.41) is 4.53. The fraction of sp³-hybridized carbons (Fsp3) is 0.0400. The Morgan fingerprint density at radius 1 is 0.900 bits per heavy atom. The number of methoxy groups -OCH3 is 1. The van der Waals surface area contributed by atoms with Crippen molar-refractivity contribution >= 4 is 67.5 Å². The van der Waals surface area contributed by atoms with Gasteiger partial charge in [-0.15, -0.1) is 0 Å².